The molecule has 0 radical (unpaired) electrons. The van der Waals surface area contributed by atoms with Gasteiger partial charge in [-0.2, -0.15) is 0 Å². The molecule has 4 rings (SSSR count). The van der Waals surface area contributed by atoms with Gasteiger partial charge in [-0.1, -0.05) is 29.8 Å². The minimum atomic E-state index is 0.0458. The van der Waals surface area contributed by atoms with E-state index in [0.717, 1.165) is 12.0 Å². The summed E-state index contributed by atoms with van der Waals surface area (Å²) in [5.74, 6) is 1.01. The van der Waals surface area contributed by atoms with Crippen LogP contribution in [0, 0.1) is 19.8 Å². The Bertz CT molecular complexity index is 810. The van der Waals surface area contributed by atoms with E-state index in [9.17, 15) is 10.2 Å². The highest BCUT2D eigenvalue weighted by Crippen LogP contribution is 2.52. The molecule has 3 nitrogen and oxygen atoms in total. The molecule has 3 N–H and O–H groups in total. The molecule has 1 heterocycles. The first-order valence-electron chi connectivity index (χ1n) is 8.11. The van der Waals surface area contributed by atoms with Gasteiger partial charge in [0.05, 0.1) is 6.04 Å². The fraction of sp³-hybridized carbons (Fsp3) is 0.300. The summed E-state index contributed by atoms with van der Waals surface area (Å²) in [5, 5.41) is 23.5. The molecule has 0 spiro atoms. The third-order valence-corrected chi connectivity index (χ3v) is 5.16. The third-order valence-electron chi connectivity index (χ3n) is 5.16. The number of allylic oxidation sites excluding steroid dienone is 2. The maximum absolute atomic E-state index is 10.3. The SMILES string of the molecule is Cc1cc(C)c2c(c1)C1C=CCC1C(c1ccc(O)cc1O)N2. The van der Waals surface area contributed by atoms with Crippen LogP contribution < -0.4 is 5.32 Å². The second-order valence-corrected chi connectivity index (χ2v) is 6.76. The summed E-state index contributed by atoms with van der Waals surface area (Å²) in [7, 11) is 0. The van der Waals surface area contributed by atoms with Crippen LogP contribution in [0.1, 0.15) is 40.6 Å². The molecular formula is C20H21NO2. The molecule has 0 aromatic heterocycles. The summed E-state index contributed by atoms with van der Waals surface area (Å²) < 4.78 is 0. The second kappa shape index (κ2) is 5.05. The van der Waals surface area contributed by atoms with Crippen molar-refractivity contribution in [1.29, 1.82) is 0 Å². The number of hydrogen-bond donors (Lipinski definition) is 3. The zero-order valence-electron chi connectivity index (χ0n) is 13.4. The van der Waals surface area contributed by atoms with Crippen molar-refractivity contribution in [3.63, 3.8) is 0 Å². The smallest absolute Gasteiger partial charge is 0.124 e. The molecule has 118 valence electrons. The first kappa shape index (κ1) is 14.2. The van der Waals surface area contributed by atoms with E-state index >= 15 is 0 Å². The number of benzene rings is 2. The summed E-state index contributed by atoms with van der Waals surface area (Å²) in [5.41, 5.74) is 5.92. The standard InChI is InChI=1S/C20H21NO2/c1-11-8-12(2)19-17(9-11)14-4-3-5-15(14)20(21-19)16-7-6-13(22)10-18(16)23/h3-4,6-10,14-15,20-23H,5H2,1-2H3. The lowest BCUT2D eigenvalue weighted by atomic mass is 9.76. The summed E-state index contributed by atoms with van der Waals surface area (Å²) in [6, 6.07) is 9.40. The molecule has 0 bridgehead atoms. The molecule has 3 atom stereocenters. The van der Waals surface area contributed by atoms with Crippen LogP contribution in [0.25, 0.3) is 0 Å². The van der Waals surface area contributed by atoms with Crippen LogP contribution in [0.2, 0.25) is 0 Å². The Morgan fingerprint density at radius 2 is 1.87 bits per heavy atom. The van der Waals surface area contributed by atoms with Crippen LogP contribution in [0.4, 0.5) is 5.69 Å². The summed E-state index contributed by atoms with van der Waals surface area (Å²) in [6.07, 6.45) is 5.54. The van der Waals surface area contributed by atoms with Gasteiger partial charge in [0.1, 0.15) is 11.5 Å². The van der Waals surface area contributed by atoms with Crippen LogP contribution >= 0.6 is 0 Å². The van der Waals surface area contributed by atoms with Gasteiger partial charge in [0, 0.05) is 23.2 Å². The number of nitrogens with one attached hydrogen (secondary N) is 1. The zero-order chi connectivity index (χ0) is 16.1. The van der Waals surface area contributed by atoms with Gasteiger partial charge in [-0.25, -0.2) is 0 Å². The van der Waals surface area contributed by atoms with E-state index in [1.54, 1.807) is 6.07 Å². The number of phenolic OH excluding ortho intramolecular Hbond substituents is 2. The first-order valence-corrected chi connectivity index (χ1v) is 8.11. The zero-order valence-corrected chi connectivity index (χ0v) is 13.4. The largest absolute Gasteiger partial charge is 0.508 e. The molecule has 1 aliphatic carbocycles. The molecule has 2 aliphatic rings. The van der Waals surface area contributed by atoms with Crippen molar-refractivity contribution in [3.8, 4) is 11.5 Å². The van der Waals surface area contributed by atoms with E-state index in [-0.39, 0.29) is 17.5 Å². The number of anilines is 1. The monoisotopic (exact) mass is 307 g/mol. The van der Waals surface area contributed by atoms with Crippen LogP contribution in [-0.2, 0) is 0 Å². The molecule has 1 aliphatic heterocycles. The minimum absolute atomic E-state index is 0.0458. The molecule has 0 amide bonds. The number of phenols is 2. The Labute approximate surface area is 136 Å². The van der Waals surface area contributed by atoms with E-state index in [4.69, 9.17) is 0 Å². The summed E-state index contributed by atoms with van der Waals surface area (Å²) >= 11 is 0. The van der Waals surface area contributed by atoms with Crippen molar-refractivity contribution in [2.24, 2.45) is 5.92 Å². The lowest BCUT2D eigenvalue weighted by Crippen LogP contribution is -2.29. The molecular weight excluding hydrogens is 286 g/mol. The lowest BCUT2D eigenvalue weighted by molar-refractivity contribution is 0.398. The highest BCUT2D eigenvalue weighted by molar-refractivity contribution is 5.65. The van der Waals surface area contributed by atoms with Crippen LogP contribution in [0.15, 0.2) is 42.5 Å². The molecule has 2 aromatic rings. The Hall–Kier alpha value is -2.42. The first-order chi connectivity index (χ1) is 11.0. The summed E-state index contributed by atoms with van der Waals surface area (Å²) in [6.45, 7) is 4.27. The van der Waals surface area contributed by atoms with Gasteiger partial charge in [0.25, 0.3) is 0 Å². The Balaban J connectivity index is 1.84. The van der Waals surface area contributed by atoms with Crippen LogP contribution in [0.5, 0.6) is 11.5 Å². The number of aromatic hydroxyl groups is 2. The maximum Gasteiger partial charge on any atom is 0.124 e. The maximum atomic E-state index is 10.3. The number of aryl methyl sites for hydroxylation is 2. The lowest BCUT2D eigenvalue weighted by Gasteiger charge is -2.38. The summed E-state index contributed by atoms with van der Waals surface area (Å²) in [4.78, 5) is 0. The van der Waals surface area contributed by atoms with E-state index in [1.807, 2.05) is 6.07 Å². The Morgan fingerprint density at radius 3 is 2.65 bits per heavy atom. The number of fused-ring (bicyclic) bond motifs is 3. The van der Waals surface area contributed by atoms with E-state index in [1.165, 1.54) is 28.4 Å². The average molecular weight is 307 g/mol. The normalized spacial score (nSPS) is 24.9. The predicted octanol–water partition coefficient (Wildman–Crippen LogP) is 4.54. The van der Waals surface area contributed by atoms with E-state index < -0.39 is 0 Å². The fourth-order valence-corrected chi connectivity index (χ4v) is 4.18. The molecule has 23 heavy (non-hydrogen) atoms. The van der Waals surface area contributed by atoms with Crippen molar-refractivity contribution in [3.05, 3.63) is 64.7 Å². The second-order valence-electron chi connectivity index (χ2n) is 6.76. The third kappa shape index (κ3) is 2.19. The highest BCUT2D eigenvalue weighted by atomic mass is 16.3. The predicted molar refractivity (Wildman–Crippen MR) is 92.0 cm³/mol. The van der Waals surface area contributed by atoms with Gasteiger partial charge < -0.3 is 15.5 Å². The molecule has 0 saturated carbocycles. The number of rotatable bonds is 1. The van der Waals surface area contributed by atoms with Crippen molar-refractivity contribution < 1.29 is 10.2 Å². The number of hydrogen-bond acceptors (Lipinski definition) is 3. The molecule has 0 fully saturated rings. The van der Waals surface area contributed by atoms with Crippen LogP contribution in [-0.4, -0.2) is 10.2 Å². The molecule has 0 saturated heterocycles. The van der Waals surface area contributed by atoms with Gasteiger partial charge in [0.15, 0.2) is 0 Å². The van der Waals surface area contributed by atoms with Crippen molar-refractivity contribution >= 4 is 5.69 Å². The molecule has 2 aromatic carbocycles. The molecule has 3 unspecified atom stereocenters. The Kier molecular flexibility index (Phi) is 3.12. The molecule has 3 heteroatoms. The van der Waals surface area contributed by atoms with Crippen molar-refractivity contribution in [1.82, 2.24) is 0 Å². The fourth-order valence-electron chi connectivity index (χ4n) is 4.18. The van der Waals surface area contributed by atoms with E-state index in [0.29, 0.717) is 11.8 Å². The van der Waals surface area contributed by atoms with Gasteiger partial charge >= 0.3 is 0 Å². The van der Waals surface area contributed by atoms with Crippen LogP contribution in [0.3, 0.4) is 0 Å². The highest BCUT2D eigenvalue weighted by Gasteiger charge is 2.39. The van der Waals surface area contributed by atoms with Gasteiger partial charge in [0.2, 0.25) is 0 Å². The van der Waals surface area contributed by atoms with Gasteiger partial charge in [-0.3, -0.25) is 0 Å². The van der Waals surface area contributed by atoms with Gasteiger partial charge in [-0.15, -0.1) is 0 Å². The Morgan fingerprint density at radius 1 is 1.04 bits per heavy atom. The van der Waals surface area contributed by atoms with Crippen molar-refractivity contribution in [2.45, 2.75) is 32.2 Å². The van der Waals surface area contributed by atoms with E-state index in [2.05, 4.69) is 43.4 Å². The van der Waals surface area contributed by atoms with Crippen molar-refractivity contribution in [2.75, 3.05) is 5.32 Å². The topological polar surface area (TPSA) is 52.5 Å². The average Bonchev–Trinajstić information content (AvgIpc) is 2.97. The van der Waals surface area contributed by atoms with Gasteiger partial charge in [-0.05, 0) is 49.4 Å². The quantitative estimate of drug-likeness (QED) is 0.678. The minimum Gasteiger partial charge on any atom is -0.508 e.